The summed E-state index contributed by atoms with van der Waals surface area (Å²) in [6, 6.07) is 4.83. The molecule has 118 valence electrons. The number of rotatable bonds is 6. The summed E-state index contributed by atoms with van der Waals surface area (Å²) in [6.45, 7) is 3.30. The lowest BCUT2D eigenvalue weighted by Gasteiger charge is -2.14. The minimum Gasteiger partial charge on any atom is -0.495 e. The van der Waals surface area contributed by atoms with E-state index >= 15 is 0 Å². The minimum absolute atomic E-state index is 0.410. The van der Waals surface area contributed by atoms with Crippen LogP contribution in [0.3, 0.4) is 0 Å². The highest BCUT2D eigenvalue weighted by atomic mass is 35.5. The quantitative estimate of drug-likeness (QED) is 0.495. The first kappa shape index (κ1) is 17.8. The van der Waals surface area contributed by atoms with Crippen LogP contribution >= 0.6 is 11.6 Å². The van der Waals surface area contributed by atoms with Crippen molar-refractivity contribution >= 4 is 29.2 Å². The Labute approximate surface area is 134 Å². The van der Waals surface area contributed by atoms with Crippen LogP contribution in [0.4, 0.5) is 5.69 Å². The molecule has 5 nitrogen and oxygen atoms in total. The predicted molar refractivity (Wildman–Crippen MR) is 86.1 cm³/mol. The summed E-state index contributed by atoms with van der Waals surface area (Å²) in [5, 5.41) is 3.06. The lowest BCUT2D eigenvalue weighted by atomic mass is 10.2. The third-order valence-electron chi connectivity index (χ3n) is 2.62. The van der Waals surface area contributed by atoms with Gasteiger partial charge in [-0.3, -0.25) is 4.79 Å². The first-order valence-corrected chi connectivity index (χ1v) is 7.00. The van der Waals surface area contributed by atoms with Crippen LogP contribution in [0, 0.1) is 0 Å². The Morgan fingerprint density at radius 3 is 2.68 bits per heavy atom. The summed E-state index contributed by atoms with van der Waals surface area (Å²) in [4.78, 5) is 23.5. The van der Waals surface area contributed by atoms with Gasteiger partial charge >= 0.3 is 5.97 Å². The van der Waals surface area contributed by atoms with Gasteiger partial charge in [-0.15, -0.1) is 0 Å². The molecule has 1 aromatic rings. The molecule has 0 saturated heterocycles. The molecule has 0 heterocycles. The molecule has 0 aliphatic rings. The fraction of sp³-hybridized carbons (Fsp3) is 0.250. The van der Waals surface area contributed by atoms with E-state index in [0.29, 0.717) is 16.5 Å². The zero-order valence-electron chi connectivity index (χ0n) is 12.6. The Kier molecular flexibility index (Phi) is 7.19. The molecule has 1 atom stereocenters. The number of hydrogen-bond acceptors (Lipinski definition) is 4. The third-order valence-corrected chi connectivity index (χ3v) is 2.85. The number of benzene rings is 1. The third kappa shape index (κ3) is 5.61. The zero-order valence-corrected chi connectivity index (χ0v) is 13.4. The number of carbonyl (C=O) groups is 2. The average Bonchev–Trinajstić information content (AvgIpc) is 2.47. The molecular formula is C16H18ClNO4. The molecule has 1 rings (SSSR count). The molecular weight excluding hydrogens is 306 g/mol. The van der Waals surface area contributed by atoms with Crippen molar-refractivity contribution < 1.29 is 19.1 Å². The Hall–Kier alpha value is -2.27. The van der Waals surface area contributed by atoms with E-state index in [1.807, 2.05) is 6.92 Å². The molecule has 1 N–H and O–H groups in total. The number of methoxy groups -OCH3 is 1. The van der Waals surface area contributed by atoms with Crippen LogP contribution in [-0.4, -0.2) is 25.1 Å². The molecule has 0 fully saturated rings. The van der Waals surface area contributed by atoms with Gasteiger partial charge in [0, 0.05) is 11.1 Å². The van der Waals surface area contributed by atoms with Crippen molar-refractivity contribution in [1.82, 2.24) is 0 Å². The Morgan fingerprint density at radius 1 is 1.32 bits per heavy atom. The SMILES string of the molecule is C/C=C/C=C/C(=O)OC(C)C(=O)Nc1cc(Cl)ccc1OC. The van der Waals surface area contributed by atoms with Crippen LogP contribution < -0.4 is 10.1 Å². The van der Waals surface area contributed by atoms with E-state index in [9.17, 15) is 9.59 Å². The molecule has 0 aromatic heterocycles. The highest BCUT2D eigenvalue weighted by Crippen LogP contribution is 2.27. The van der Waals surface area contributed by atoms with Gasteiger partial charge in [-0.1, -0.05) is 29.8 Å². The smallest absolute Gasteiger partial charge is 0.331 e. The van der Waals surface area contributed by atoms with Gasteiger partial charge in [-0.2, -0.15) is 0 Å². The van der Waals surface area contributed by atoms with Gasteiger partial charge in [0.05, 0.1) is 12.8 Å². The lowest BCUT2D eigenvalue weighted by molar-refractivity contribution is -0.148. The summed E-state index contributed by atoms with van der Waals surface area (Å²) in [5.41, 5.74) is 0.410. The molecule has 0 bridgehead atoms. The standard InChI is InChI=1S/C16H18ClNO4/c1-4-5-6-7-15(19)22-11(2)16(20)18-13-10-12(17)8-9-14(13)21-3/h4-11H,1-3H3,(H,18,20)/b5-4+,7-6+. The summed E-state index contributed by atoms with van der Waals surface area (Å²) >= 11 is 5.88. The van der Waals surface area contributed by atoms with Gasteiger partial charge < -0.3 is 14.8 Å². The molecule has 0 radical (unpaired) electrons. The number of allylic oxidation sites excluding steroid dienone is 3. The van der Waals surface area contributed by atoms with Gasteiger partial charge in [0.2, 0.25) is 0 Å². The van der Waals surface area contributed by atoms with Gasteiger partial charge in [0.15, 0.2) is 6.10 Å². The Bertz CT molecular complexity index is 596. The number of halogens is 1. The van der Waals surface area contributed by atoms with E-state index in [0.717, 1.165) is 0 Å². The van der Waals surface area contributed by atoms with Crippen molar-refractivity contribution in [1.29, 1.82) is 0 Å². The van der Waals surface area contributed by atoms with Crippen LogP contribution in [0.2, 0.25) is 5.02 Å². The Balaban J connectivity index is 2.68. The van der Waals surface area contributed by atoms with E-state index < -0.39 is 18.0 Å². The topological polar surface area (TPSA) is 64.6 Å². The summed E-state index contributed by atoms with van der Waals surface area (Å²) in [7, 11) is 1.48. The van der Waals surface area contributed by atoms with Gasteiger partial charge in [0.1, 0.15) is 5.75 Å². The molecule has 0 aliphatic heterocycles. The second kappa shape index (κ2) is 8.89. The van der Waals surface area contributed by atoms with Crippen molar-refractivity contribution in [2.75, 3.05) is 12.4 Å². The van der Waals surface area contributed by atoms with E-state index in [-0.39, 0.29) is 0 Å². The summed E-state index contributed by atoms with van der Waals surface area (Å²) in [6.07, 6.45) is 5.27. The molecule has 22 heavy (non-hydrogen) atoms. The second-order valence-corrected chi connectivity index (χ2v) is 4.73. The normalized spacial score (nSPS) is 12.4. The number of esters is 1. The van der Waals surface area contributed by atoms with Crippen LogP contribution in [0.1, 0.15) is 13.8 Å². The van der Waals surface area contributed by atoms with E-state index in [2.05, 4.69) is 5.32 Å². The zero-order chi connectivity index (χ0) is 16.5. The second-order valence-electron chi connectivity index (χ2n) is 4.30. The highest BCUT2D eigenvalue weighted by Gasteiger charge is 2.18. The average molecular weight is 324 g/mol. The van der Waals surface area contributed by atoms with Crippen LogP contribution in [0.5, 0.6) is 5.75 Å². The largest absolute Gasteiger partial charge is 0.495 e. The van der Waals surface area contributed by atoms with Gasteiger partial charge in [-0.25, -0.2) is 4.79 Å². The fourth-order valence-electron chi connectivity index (χ4n) is 1.52. The number of hydrogen-bond donors (Lipinski definition) is 1. The number of nitrogens with one attached hydrogen (secondary N) is 1. The monoisotopic (exact) mass is 323 g/mol. The number of amides is 1. The lowest BCUT2D eigenvalue weighted by Crippen LogP contribution is -2.29. The van der Waals surface area contributed by atoms with Gasteiger partial charge in [0.25, 0.3) is 5.91 Å². The van der Waals surface area contributed by atoms with Crippen LogP contribution in [0.15, 0.2) is 42.5 Å². The van der Waals surface area contributed by atoms with Crippen molar-refractivity contribution in [3.05, 3.63) is 47.5 Å². The maximum Gasteiger partial charge on any atom is 0.331 e. The number of anilines is 1. The fourth-order valence-corrected chi connectivity index (χ4v) is 1.70. The van der Waals surface area contributed by atoms with Gasteiger partial charge in [-0.05, 0) is 32.0 Å². The molecule has 0 aliphatic carbocycles. The van der Waals surface area contributed by atoms with E-state index in [1.165, 1.54) is 26.2 Å². The summed E-state index contributed by atoms with van der Waals surface area (Å²) < 4.78 is 10.1. The van der Waals surface area contributed by atoms with Crippen LogP contribution in [-0.2, 0) is 14.3 Å². The molecule has 1 amide bonds. The van der Waals surface area contributed by atoms with Crippen molar-refractivity contribution in [3.63, 3.8) is 0 Å². The first-order chi connectivity index (χ1) is 10.5. The van der Waals surface area contributed by atoms with Crippen LogP contribution in [0.25, 0.3) is 0 Å². The maximum absolute atomic E-state index is 12.0. The molecule has 1 aromatic carbocycles. The number of carbonyl (C=O) groups excluding carboxylic acids is 2. The number of ether oxygens (including phenoxy) is 2. The predicted octanol–water partition coefficient (Wildman–Crippen LogP) is 3.35. The van der Waals surface area contributed by atoms with Crippen molar-refractivity contribution in [2.24, 2.45) is 0 Å². The molecule has 0 saturated carbocycles. The highest BCUT2D eigenvalue weighted by molar-refractivity contribution is 6.31. The van der Waals surface area contributed by atoms with E-state index in [1.54, 1.807) is 30.4 Å². The maximum atomic E-state index is 12.0. The summed E-state index contributed by atoms with van der Waals surface area (Å²) in [5.74, 6) is -0.614. The molecule has 0 spiro atoms. The van der Waals surface area contributed by atoms with Crippen molar-refractivity contribution in [2.45, 2.75) is 20.0 Å². The molecule has 1 unspecified atom stereocenters. The van der Waals surface area contributed by atoms with E-state index in [4.69, 9.17) is 21.1 Å². The van der Waals surface area contributed by atoms with Crippen molar-refractivity contribution in [3.8, 4) is 5.75 Å². The molecule has 6 heteroatoms. The minimum atomic E-state index is -0.952. The Morgan fingerprint density at radius 2 is 2.05 bits per heavy atom. The first-order valence-electron chi connectivity index (χ1n) is 6.62.